The highest BCUT2D eigenvalue weighted by Crippen LogP contribution is 2.45. The molecular formula is C33H29O3P. The summed E-state index contributed by atoms with van der Waals surface area (Å²) in [7, 11) is -3.31. The summed E-state index contributed by atoms with van der Waals surface area (Å²) in [4.78, 5) is 0. The SMILES string of the molecule is CCc1ccc(-c2ccc(COc3ccc(O)c(P(=O)(c4ccccc4)c4ccccc4)c3)cc2)cc1. The molecule has 4 heteroatoms. The van der Waals surface area contributed by atoms with Crippen LogP contribution in [0.15, 0.2) is 127 Å². The van der Waals surface area contributed by atoms with Crippen molar-refractivity contribution in [3.8, 4) is 22.6 Å². The van der Waals surface area contributed by atoms with Gasteiger partial charge in [-0.25, -0.2) is 0 Å². The van der Waals surface area contributed by atoms with Crippen molar-refractivity contribution in [1.82, 2.24) is 0 Å². The van der Waals surface area contributed by atoms with Crippen LogP contribution in [0.3, 0.4) is 0 Å². The normalized spacial score (nSPS) is 11.3. The molecule has 0 atom stereocenters. The van der Waals surface area contributed by atoms with E-state index in [1.54, 1.807) is 18.2 Å². The molecule has 0 aliphatic heterocycles. The van der Waals surface area contributed by atoms with Crippen LogP contribution < -0.4 is 20.7 Å². The monoisotopic (exact) mass is 504 g/mol. The number of benzene rings is 5. The molecule has 1 N–H and O–H groups in total. The molecule has 0 heterocycles. The number of aromatic hydroxyl groups is 1. The molecule has 3 nitrogen and oxygen atoms in total. The van der Waals surface area contributed by atoms with Crippen molar-refractivity contribution in [3.63, 3.8) is 0 Å². The Morgan fingerprint density at radius 2 is 1.16 bits per heavy atom. The Morgan fingerprint density at radius 3 is 1.68 bits per heavy atom. The maximum atomic E-state index is 14.7. The summed E-state index contributed by atoms with van der Waals surface area (Å²) in [6.07, 6.45) is 1.03. The molecule has 0 aromatic heterocycles. The standard InChI is InChI=1S/C33H29O3P/c1-2-25-13-17-27(18-14-25)28-19-15-26(16-20-28)24-36-29-21-22-32(34)33(23-29)37(35,30-9-5-3-6-10-30)31-11-7-4-8-12-31/h3-23,34H,2,24H2,1H3. The predicted molar refractivity (Wildman–Crippen MR) is 153 cm³/mol. The molecule has 0 bridgehead atoms. The maximum Gasteiger partial charge on any atom is 0.174 e. The lowest BCUT2D eigenvalue weighted by atomic mass is 10.0. The van der Waals surface area contributed by atoms with Crippen LogP contribution in [0.2, 0.25) is 0 Å². The number of hydrogen-bond acceptors (Lipinski definition) is 3. The molecule has 5 aromatic carbocycles. The molecule has 5 aromatic rings. The lowest BCUT2D eigenvalue weighted by molar-refractivity contribution is 0.306. The van der Waals surface area contributed by atoms with E-state index in [1.807, 2.05) is 60.7 Å². The molecule has 5 rings (SSSR count). The molecule has 37 heavy (non-hydrogen) atoms. The fourth-order valence-corrected chi connectivity index (χ4v) is 7.19. The Hall–Kier alpha value is -4.07. The summed E-state index contributed by atoms with van der Waals surface area (Å²) in [5, 5.41) is 12.5. The Balaban J connectivity index is 1.40. The largest absolute Gasteiger partial charge is 0.507 e. The minimum absolute atomic E-state index is 0.0122. The Kier molecular flexibility index (Phi) is 7.25. The van der Waals surface area contributed by atoms with Crippen molar-refractivity contribution in [3.05, 3.63) is 139 Å². The number of phenolic OH excluding ortho intramolecular Hbond substituents is 1. The summed E-state index contributed by atoms with van der Waals surface area (Å²) in [6.45, 7) is 2.52. The summed E-state index contributed by atoms with van der Waals surface area (Å²) in [5.74, 6) is 0.543. The predicted octanol–water partition coefficient (Wildman–Crippen LogP) is 6.84. The van der Waals surface area contributed by atoms with Gasteiger partial charge in [0, 0.05) is 10.6 Å². The van der Waals surface area contributed by atoms with Gasteiger partial charge in [0.2, 0.25) is 0 Å². The molecule has 0 unspecified atom stereocenters. The average Bonchev–Trinajstić information content (AvgIpc) is 2.97. The molecule has 0 radical (unpaired) electrons. The molecule has 0 saturated carbocycles. The number of ether oxygens (including phenoxy) is 1. The minimum Gasteiger partial charge on any atom is -0.507 e. The van der Waals surface area contributed by atoms with Crippen LogP contribution in [0.5, 0.6) is 11.5 Å². The zero-order chi connectivity index (χ0) is 25.7. The van der Waals surface area contributed by atoms with Crippen LogP contribution in [0.25, 0.3) is 11.1 Å². The van der Waals surface area contributed by atoms with E-state index in [0.29, 0.717) is 28.3 Å². The van der Waals surface area contributed by atoms with Crippen molar-refractivity contribution in [2.45, 2.75) is 20.0 Å². The quantitative estimate of drug-likeness (QED) is 0.235. The summed E-state index contributed by atoms with van der Waals surface area (Å²) < 4.78 is 20.8. The highest BCUT2D eigenvalue weighted by Gasteiger charge is 2.32. The van der Waals surface area contributed by atoms with Gasteiger partial charge in [0.25, 0.3) is 0 Å². The van der Waals surface area contributed by atoms with Crippen LogP contribution in [0, 0.1) is 0 Å². The van der Waals surface area contributed by atoms with Crippen molar-refractivity contribution in [2.24, 2.45) is 0 Å². The van der Waals surface area contributed by atoms with Crippen molar-refractivity contribution < 1.29 is 14.4 Å². The molecule has 184 valence electrons. The third-order valence-corrected chi connectivity index (χ3v) is 9.67. The van der Waals surface area contributed by atoms with E-state index in [-0.39, 0.29) is 5.75 Å². The topological polar surface area (TPSA) is 46.5 Å². The first-order valence-electron chi connectivity index (χ1n) is 12.4. The van der Waals surface area contributed by atoms with Crippen molar-refractivity contribution in [2.75, 3.05) is 0 Å². The van der Waals surface area contributed by atoms with Gasteiger partial charge in [0.1, 0.15) is 18.1 Å². The Labute approximate surface area is 218 Å². The molecular weight excluding hydrogens is 475 g/mol. The van der Waals surface area contributed by atoms with Gasteiger partial charge in [0.15, 0.2) is 7.14 Å². The second-order valence-electron chi connectivity index (χ2n) is 8.97. The van der Waals surface area contributed by atoms with Crippen LogP contribution in [-0.2, 0) is 17.6 Å². The first-order chi connectivity index (χ1) is 18.1. The van der Waals surface area contributed by atoms with Gasteiger partial charge in [0.05, 0.1) is 5.30 Å². The molecule has 0 fully saturated rings. The lowest BCUT2D eigenvalue weighted by Gasteiger charge is -2.21. The molecule has 0 aliphatic carbocycles. The highest BCUT2D eigenvalue weighted by atomic mass is 31.2. The smallest absolute Gasteiger partial charge is 0.174 e. The van der Waals surface area contributed by atoms with E-state index < -0.39 is 7.14 Å². The maximum absolute atomic E-state index is 14.7. The van der Waals surface area contributed by atoms with Gasteiger partial charge in [-0.1, -0.05) is 116 Å². The third-order valence-electron chi connectivity index (χ3n) is 6.58. The number of rotatable bonds is 8. The molecule has 0 aliphatic rings. The lowest BCUT2D eigenvalue weighted by Crippen LogP contribution is -2.25. The fourth-order valence-electron chi connectivity index (χ4n) is 4.44. The number of aryl methyl sites for hydroxylation is 1. The van der Waals surface area contributed by atoms with Gasteiger partial charge in [-0.2, -0.15) is 0 Å². The third kappa shape index (κ3) is 5.23. The van der Waals surface area contributed by atoms with E-state index in [1.165, 1.54) is 11.1 Å². The Bertz CT molecular complexity index is 1470. The first-order valence-corrected chi connectivity index (χ1v) is 14.1. The second-order valence-corrected chi connectivity index (χ2v) is 11.7. The molecule has 0 amide bonds. The van der Waals surface area contributed by atoms with Crippen LogP contribution in [0.4, 0.5) is 0 Å². The van der Waals surface area contributed by atoms with Gasteiger partial charge >= 0.3 is 0 Å². The van der Waals surface area contributed by atoms with Gasteiger partial charge in [-0.15, -0.1) is 0 Å². The van der Waals surface area contributed by atoms with Crippen LogP contribution in [-0.4, -0.2) is 5.11 Å². The van der Waals surface area contributed by atoms with Crippen molar-refractivity contribution >= 4 is 23.1 Å². The van der Waals surface area contributed by atoms with Crippen LogP contribution in [0.1, 0.15) is 18.1 Å². The van der Waals surface area contributed by atoms with E-state index in [9.17, 15) is 9.67 Å². The van der Waals surface area contributed by atoms with Gasteiger partial charge in [-0.3, -0.25) is 0 Å². The summed E-state index contributed by atoms with van der Waals surface area (Å²) >= 11 is 0. The summed E-state index contributed by atoms with van der Waals surface area (Å²) in [6, 6.07) is 40.6. The summed E-state index contributed by atoms with van der Waals surface area (Å²) in [5.41, 5.74) is 4.69. The van der Waals surface area contributed by atoms with E-state index in [4.69, 9.17) is 4.74 Å². The molecule has 0 saturated heterocycles. The highest BCUT2D eigenvalue weighted by molar-refractivity contribution is 7.85. The van der Waals surface area contributed by atoms with E-state index >= 15 is 0 Å². The van der Waals surface area contributed by atoms with E-state index in [0.717, 1.165) is 17.5 Å². The Morgan fingerprint density at radius 1 is 0.649 bits per heavy atom. The fraction of sp³-hybridized carbons (Fsp3) is 0.0909. The van der Waals surface area contributed by atoms with Crippen molar-refractivity contribution in [1.29, 1.82) is 0 Å². The van der Waals surface area contributed by atoms with E-state index in [2.05, 4.69) is 55.5 Å². The number of phenols is 1. The van der Waals surface area contributed by atoms with Crippen LogP contribution >= 0.6 is 7.14 Å². The molecule has 0 spiro atoms. The second kappa shape index (κ2) is 10.9. The number of hydrogen-bond donors (Lipinski definition) is 1. The zero-order valence-electron chi connectivity index (χ0n) is 20.7. The average molecular weight is 505 g/mol. The first kappa shape index (κ1) is 24.6. The van der Waals surface area contributed by atoms with Gasteiger partial charge in [-0.05, 0) is 46.9 Å². The minimum atomic E-state index is -3.31. The zero-order valence-corrected chi connectivity index (χ0v) is 21.6. The van der Waals surface area contributed by atoms with Gasteiger partial charge < -0.3 is 14.4 Å².